The van der Waals surface area contributed by atoms with Gasteiger partial charge in [-0.25, -0.2) is 4.68 Å². The Balaban J connectivity index is 2.04. The van der Waals surface area contributed by atoms with Gasteiger partial charge < -0.3 is 0 Å². The fourth-order valence-corrected chi connectivity index (χ4v) is 3.36. The molecule has 6 nitrogen and oxygen atoms in total. The number of hydrogen-bond donors (Lipinski definition) is 0. The Hall–Kier alpha value is -2.68. The molecule has 6 heteroatoms. The molecule has 1 saturated carbocycles. The second-order valence-corrected chi connectivity index (χ2v) is 6.08. The van der Waals surface area contributed by atoms with Crippen LogP contribution in [0.5, 0.6) is 0 Å². The molecule has 24 heavy (non-hydrogen) atoms. The molecule has 0 bridgehead atoms. The van der Waals surface area contributed by atoms with Gasteiger partial charge in [0.05, 0.1) is 18.3 Å². The topological polar surface area (TPSA) is 74.8 Å². The minimum atomic E-state index is 0.271. The predicted octanol–water partition coefficient (Wildman–Crippen LogP) is 2.99. The summed E-state index contributed by atoms with van der Waals surface area (Å²) in [4.78, 5) is 17.4. The quantitative estimate of drug-likeness (QED) is 0.766. The van der Waals surface area contributed by atoms with E-state index in [4.69, 9.17) is 0 Å². The molecular weight excluding hydrogens is 302 g/mol. The zero-order valence-electron chi connectivity index (χ0n) is 13.9. The van der Waals surface area contributed by atoms with Crippen LogP contribution in [0.2, 0.25) is 0 Å². The number of nitrogens with zero attached hydrogens (tertiary/aromatic N) is 5. The smallest absolute Gasteiger partial charge is 0.215 e. The highest BCUT2D eigenvalue weighted by atomic mass is 16.1. The summed E-state index contributed by atoms with van der Waals surface area (Å²) < 4.78 is 1.92. The minimum absolute atomic E-state index is 0.271. The first-order chi connectivity index (χ1) is 11.8. The number of rotatable bonds is 6. The molecule has 0 spiro atoms. The van der Waals surface area contributed by atoms with Gasteiger partial charge in [0.2, 0.25) is 6.41 Å². The van der Waals surface area contributed by atoms with Gasteiger partial charge in [0.1, 0.15) is 11.6 Å². The summed E-state index contributed by atoms with van der Waals surface area (Å²) in [5, 5.41) is 14.3. The number of carbonyl (C=O) groups excluding carboxylic acids is 1. The summed E-state index contributed by atoms with van der Waals surface area (Å²) in [6, 6.07) is 6.28. The molecule has 2 heterocycles. The van der Waals surface area contributed by atoms with E-state index >= 15 is 0 Å². The van der Waals surface area contributed by atoms with Crippen molar-refractivity contribution in [3.05, 3.63) is 41.3 Å². The lowest BCUT2D eigenvalue weighted by Gasteiger charge is -2.22. The number of amides is 1. The maximum Gasteiger partial charge on any atom is 0.215 e. The number of aromatic nitrogens is 3. The van der Waals surface area contributed by atoms with Crippen molar-refractivity contribution in [2.75, 3.05) is 4.90 Å². The van der Waals surface area contributed by atoms with Crippen molar-refractivity contribution in [1.29, 1.82) is 5.26 Å². The molecule has 124 valence electrons. The van der Waals surface area contributed by atoms with Gasteiger partial charge >= 0.3 is 0 Å². The van der Waals surface area contributed by atoms with Crippen LogP contribution in [0.3, 0.4) is 0 Å². The first-order valence-corrected chi connectivity index (χ1v) is 8.40. The molecule has 2 aromatic rings. The second kappa shape index (κ2) is 7.26. The molecule has 1 aliphatic rings. The van der Waals surface area contributed by atoms with Crippen molar-refractivity contribution < 1.29 is 4.79 Å². The molecule has 0 aromatic carbocycles. The molecule has 0 N–H and O–H groups in total. The van der Waals surface area contributed by atoms with Crippen molar-refractivity contribution in [2.24, 2.45) is 0 Å². The van der Waals surface area contributed by atoms with Crippen molar-refractivity contribution in [3.8, 4) is 6.07 Å². The molecule has 0 radical (unpaired) electrons. The summed E-state index contributed by atoms with van der Waals surface area (Å²) in [6.45, 7) is 2.39. The standard InChI is InChI=1S/C18H21N5O/c1-2-17-16(11-19)18(23(21-17)15-5-3-4-6-15)22(13-24)12-14-7-9-20-10-8-14/h7-10,13,15H,2-6,12H2,1H3. The van der Waals surface area contributed by atoms with Crippen LogP contribution in [0.4, 0.5) is 5.82 Å². The number of hydrogen-bond acceptors (Lipinski definition) is 4. The zero-order valence-corrected chi connectivity index (χ0v) is 13.9. The van der Waals surface area contributed by atoms with Gasteiger partial charge in [0.15, 0.2) is 5.82 Å². The fourth-order valence-electron chi connectivity index (χ4n) is 3.36. The molecule has 0 aliphatic heterocycles. The van der Waals surface area contributed by atoms with E-state index in [2.05, 4.69) is 16.2 Å². The summed E-state index contributed by atoms with van der Waals surface area (Å²) in [5.41, 5.74) is 2.25. The molecule has 1 aliphatic carbocycles. The highest BCUT2D eigenvalue weighted by molar-refractivity contribution is 5.77. The average molecular weight is 323 g/mol. The highest BCUT2D eigenvalue weighted by Gasteiger charge is 2.28. The van der Waals surface area contributed by atoms with E-state index in [1.54, 1.807) is 17.3 Å². The lowest BCUT2D eigenvalue weighted by molar-refractivity contribution is -0.107. The highest BCUT2D eigenvalue weighted by Crippen LogP contribution is 2.35. The van der Waals surface area contributed by atoms with E-state index in [0.717, 1.165) is 30.5 Å². The van der Waals surface area contributed by atoms with Crippen LogP contribution < -0.4 is 4.90 Å². The summed E-state index contributed by atoms with van der Waals surface area (Å²) >= 11 is 0. The number of carbonyl (C=O) groups is 1. The van der Waals surface area contributed by atoms with Crippen molar-refractivity contribution in [2.45, 2.75) is 51.6 Å². The van der Waals surface area contributed by atoms with Crippen molar-refractivity contribution in [1.82, 2.24) is 14.8 Å². The Morgan fingerprint density at radius 1 is 1.38 bits per heavy atom. The maximum atomic E-state index is 11.8. The van der Waals surface area contributed by atoms with E-state index in [1.165, 1.54) is 12.8 Å². The summed E-state index contributed by atoms with van der Waals surface area (Å²) in [6.07, 6.45) is 9.30. The largest absolute Gasteiger partial charge is 0.294 e. The van der Waals surface area contributed by atoms with Crippen LogP contribution in [-0.2, 0) is 17.8 Å². The van der Waals surface area contributed by atoms with E-state index < -0.39 is 0 Å². The SMILES string of the molecule is CCc1nn(C2CCCC2)c(N(C=O)Cc2ccncc2)c1C#N. The minimum Gasteiger partial charge on any atom is -0.294 e. The average Bonchev–Trinajstić information content (AvgIpc) is 3.27. The molecule has 0 saturated heterocycles. The molecule has 1 fully saturated rings. The third-order valence-corrected chi connectivity index (χ3v) is 4.58. The number of anilines is 1. The number of nitriles is 1. The number of pyridine rings is 1. The van der Waals surface area contributed by atoms with Crippen molar-refractivity contribution in [3.63, 3.8) is 0 Å². The van der Waals surface area contributed by atoms with Crippen LogP contribution in [-0.4, -0.2) is 21.2 Å². The van der Waals surface area contributed by atoms with E-state index in [-0.39, 0.29) is 6.04 Å². The Kier molecular flexibility index (Phi) is 4.90. The molecule has 0 unspecified atom stereocenters. The molecular formula is C18H21N5O. The van der Waals surface area contributed by atoms with Gasteiger partial charge in [-0.05, 0) is 37.0 Å². The third-order valence-electron chi connectivity index (χ3n) is 4.58. The Bertz CT molecular complexity index is 741. The molecule has 1 amide bonds. The monoisotopic (exact) mass is 323 g/mol. The third kappa shape index (κ3) is 3.02. The molecule has 2 aromatic heterocycles. The van der Waals surface area contributed by atoms with Crippen LogP contribution >= 0.6 is 0 Å². The fraction of sp³-hybridized carbons (Fsp3) is 0.444. The molecule has 3 rings (SSSR count). The second-order valence-electron chi connectivity index (χ2n) is 6.08. The van der Waals surface area contributed by atoms with Gasteiger partial charge in [-0.3, -0.25) is 14.7 Å². The van der Waals surface area contributed by atoms with E-state index in [9.17, 15) is 10.1 Å². The van der Waals surface area contributed by atoms with Gasteiger partial charge in [-0.1, -0.05) is 19.8 Å². The van der Waals surface area contributed by atoms with E-state index in [0.29, 0.717) is 24.3 Å². The van der Waals surface area contributed by atoms with E-state index in [1.807, 2.05) is 23.7 Å². The van der Waals surface area contributed by atoms with Crippen molar-refractivity contribution >= 4 is 12.2 Å². The van der Waals surface area contributed by atoms with Gasteiger partial charge in [-0.15, -0.1) is 0 Å². The van der Waals surface area contributed by atoms with Gasteiger partial charge in [-0.2, -0.15) is 10.4 Å². The van der Waals surface area contributed by atoms with Crippen LogP contribution in [0.25, 0.3) is 0 Å². The first kappa shape index (κ1) is 16.2. The van der Waals surface area contributed by atoms with Crippen LogP contribution in [0.15, 0.2) is 24.5 Å². The number of aryl methyl sites for hydroxylation is 1. The van der Waals surface area contributed by atoms with Gasteiger partial charge in [0.25, 0.3) is 0 Å². The lowest BCUT2D eigenvalue weighted by Crippen LogP contribution is -2.25. The zero-order chi connectivity index (χ0) is 16.9. The first-order valence-electron chi connectivity index (χ1n) is 8.40. The lowest BCUT2D eigenvalue weighted by atomic mass is 10.2. The summed E-state index contributed by atoms with van der Waals surface area (Å²) in [7, 11) is 0. The Labute approximate surface area is 141 Å². The molecule has 0 atom stereocenters. The van der Waals surface area contributed by atoms with Crippen LogP contribution in [0, 0.1) is 11.3 Å². The Morgan fingerprint density at radius 2 is 2.08 bits per heavy atom. The summed E-state index contributed by atoms with van der Waals surface area (Å²) in [5.74, 6) is 0.632. The Morgan fingerprint density at radius 3 is 2.67 bits per heavy atom. The maximum absolute atomic E-state index is 11.8. The van der Waals surface area contributed by atoms with Gasteiger partial charge in [0, 0.05) is 12.4 Å². The predicted molar refractivity (Wildman–Crippen MR) is 90.3 cm³/mol. The normalized spacial score (nSPS) is 14.5. The van der Waals surface area contributed by atoms with Crippen LogP contribution in [0.1, 0.15) is 55.5 Å².